The number of carbonyl (C=O) groups excluding carboxylic acids is 1. The highest BCUT2D eigenvalue weighted by atomic mass is 35.5. The van der Waals surface area contributed by atoms with Crippen LogP contribution in [0.25, 0.3) is 0 Å². The second-order valence-electron chi connectivity index (χ2n) is 5.67. The molecule has 0 atom stereocenters. The summed E-state index contributed by atoms with van der Waals surface area (Å²) in [5, 5.41) is 7.52. The number of halogens is 1. The molecule has 2 aromatic rings. The summed E-state index contributed by atoms with van der Waals surface area (Å²) in [6.07, 6.45) is 4.54. The van der Waals surface area contributed by atoms with Crippen LogP contribution in [0.4, 0.5) is 5.69 Å². The second-order valence-corrected chi connectivity index (χ2v) is 6.07. The molecule has 6 nitrogen and oxygen atoms in total. The second kappa shape index (κ2) is 7.00. The lowest BCUT2D eigenvalue weighted by molar-refractivity contribution is 0.0954. The van der Waals surface area contributed by atoms with E-state index in [1.165, 1.54) is 19.2 Å². The van der Waals surface area contributed by atoms with Gasteiger partial charge < -0.3 is 10.2 Å². The Kier molecular flexibility index (Phi) is 4.81. The largest absolute Gasteiger partial charge is 0.370 e. The van der Waals surface area contributed by atoms with Crippen LogP contribution in [0.1, 0.15) is 29.0 Å². The summed E-state index contributed by atoms with van der Waals surface area (Å²) < 4.78 is 1.70. The van der Waals surface area contributed by atoms with Crippen molar-refractivity contribution in [2.24, 2.45) is 7.05 Å². The fraction of sp³-hybridized carbons (Fsp3) is 0.438. The van der Waals surface area contributed by atoms with E-state index in [-0.39, 0.29) is 5.91 Å². The predicted octanol–water partition coefficient (Wildman–Crippen LogP) is 2.04. The molecule has 0 spiro atoms. The molecule has 1 aliphatic rings. The van der Waals surface area contributed by atoms with Crippen molar-refractivity contribution in [3.8, 4) is 0 Å². The SMILES string of the molecule is Cn1ncnc1CCNC(=O)c1ccc(N2CCCC2)c(Cl)c1. The lowest BCUT2D eigenvalue weighted by atomic mass is 10.2. The zero-order valence-electron chi connectivity index (χ0n) is 13.1. The zero-order valence-corrected chi connectivity index (χ0v) is 13.9. The van der Waals surface area contributed by atoms with Crippen molar-refractivity contribution in [3.05, 3.63) is 40.9 Å². The van der Waals surface area contributed by atoms with E-state index in [4.69, 9.17) is 11.6 Å². The van der Waals surface area contributed by atoms with Gasteiger partial charge in [-0.2, -0.15) is 5.10 Å². The van der Waals surface area contributed by atoms with Gasteiger partial charge in [0.2, 0.25) is 0 Å². The average Bonchev–Trinajstić information content (AvgIpc) is 3.19. The van der Waals surface area contributed by atoms with E-state index in [9.17, 15) is 4.79 Å². The Morgan fingerprint density at radius 2 is 2.13 bits per heavy atom. The first-order valence-corrected chi connectivity index (χ1v) is 8.18. The predicted molar refractivity (Wildman–Crippen MR) is 89.9 cm³/mol. The Morgan fingerprint density at radius 3 is 2.78 bits per heavy atom. The Bertz CT molecular complexity index is 694. The number of aryl methyl sites for hydroxylation is 1. The first kappa shape index (κ1) is 15.8. The molecule has 1 aromatic carbocycles. The van der Waals surface area contributed by atoms with E-state index >= 15 is 0 Å². The summed E-state index contributed by atoms with van der Waals surface area (Å²) in [6.45, 7) is 2.57. The van der Waals surface area contributed by atoms with Crippen molar-refractivity contribution in [3.63, 3.8) is 0 Å². The first-order valence-electron chi connectivity index (χ1n) is 7.81. The number of benzene rings is 1. The van der Waals surface area contributed by atoms with Gasteiger partial charge in [0.05, 0.1) is 10.7 Å². The molecule has 1 amide bonds. The van der Waals surface area contributed by atoms with E-state index in [1.54, 1.807) is 10.7 Å². The molecule has 7 heteroatoms. The van der Waals surface area contributed by atoms with Gasteiger partial charge in [-0.1, -0.05) is 11.6 Å². The quantitative estimate of drug-likeness (QED) is 0.909. The molecule has 122 valence electrons. The van der Waals surface area contributed by atoms with Crippen LogP contribution in [-0.4, -0.2) is 40.3 Å². The van der Waals surface area contributed by atoms with Gasteiger partial charge in [-0.05, 0) is 31.0 Å². The fourth-order valence-corrected chi connectivity index (χ4v) is 3.10. The van der Waals surface area contributed by atoms with Crippen molar-refractivity contribution in [1.82, 2.24) is 20.1 Å². The van der Waals surface area contributed by atoms with E-state index < -0.39 is 0 Å². The molecule has 3 rings (SSSR count). The molecule has 1 aliphatic heterocycles. The van der Waals surface area contributed by atoms with Gasteiger partial charge in [-0.15, -0.1) is 0 Å². The van der Waals surface area contributed by atoms with E-state index in [0.717, 1.165) is 24.6 Å². The Balaban J connectivity index is 1.59. The highest BCUT2D eigenvalue weighted by Gasteiger charge is 2.16. The number of carbonyl (C=O) groups is 1. The average molecular weight is 334 g/mol. The molecular formula is C16H20ClN5O. The van der Waals surface area contributed by atoms with Crippen LogP contribution >= 0.6 is 11.6 Å². The molecule has 0 radical (unpaired) electrons. The topological polar surface area (TPSA) is 63.1 Å². The third-order valence-electron chi connectivity index (χ3n) is 4.10. The van der Waals surface area contributed by atoms with E-state index in [1.807, 2.05) is 19.2 Å². The van der Waals surface area contributed by atoms with Crippen LogP contribution in [0, 0.1) is 0 Å². The third kappa shape index (κ3) is 3.64. The Hall–Kier alpha value is -2.08. The fourth-order valence-electron chi connectivity index (χ4n) is 2.80. The van der Waals surface area contributed by atoms with Crippen molar-refractivity contribution in [1.29, 1.82) is 0 Å². The van der Waals surface area contributed by atoms with Crippen LogP contribution < -0.4 is 10.2 Å². The number of anilines is 1. The van der Waals surface area contributed by atoms with Crippen molar-refractivity contribution in [2.45, 2.75) is 19.3 Å². The molecule has 0 unspecified atom stereocenters. The number of nitrogens with zero attached hydrogens (tertiary/aromatic N) is 4. The maximum absolute atomic E-state index is 12.2. The van der Waals surface area contributed by atoms with Crippen molar-refractivity contribution < 1.29 is 4.79 Å². The van der Waals surface area contributed by atoms with Crippen LogP contribution in [0.2, 0.25) is 5.02 Å². The highest BCUT2D eigenvalue weighted by molar-refractivity contribution is 6.33. The van der Waals surface area contributed by atoms with Crippen molar-refractivity contribution >= 4 is 23.2 Å². The normalized spacial score (nSPS) is 14.3. The Morgan fingerprint density at radius 1 is 1.35 bits per heavy atom. The first-order chi connectivity index (χ1) is 11.1. The van der Waals surface area contributed by atoms with Crippen LogP contribution in [0.3, 0.4) is 0 Å². The molecule has 1 N–H and O–H groups in total. The molecule has 0 saturated carbocycles. The molecule has 2 heterocycles. The molecule has 0 aliphatic carbocycles. The summed E-state index contributed by atoms with van der Waals surface area (Å²) in [5.74, 6) is 0.717. The minimum atomic E-state index is -0.123. The number of aromatic nitrogens is 3. The van der Waals surface area contributed by atoms with Gasteiger partial charge in [0, 0.05) is 38.7 Å². The summed E-state index contributed by atoms with van der Waals surface area (Å²) in [5.41, 5.74) is 1.59. The summed E-state index contributed by atoms with van der Waals surface area (Å²) in [4.78, 5) is 18.6. The zero-order chi connectivity index (χ0) is 16.2. The summed E-state index contributed by atoms with van der Waals surface area (Å²) in [6, 6.07) is 5.51. The summed E-state index contributed by atoms with van der Waals surface area (Å²) in [7, 11) is 1.83. The molecule has 23 heavy (non-hydrogen) atoms. The van der Waals surface area contributed by atoms with Crippen LogP contribution in [0.5, 0.6) is 0 Å². The number of rotatable bonds is 5. The van der Waals surface area contributed by atoms with Crippen LogP contribution in [-0.2, 0) is 13.5 Å². The van der Waals surface area contributed by atoms with Gasteiger partial charge in [0.25, 0.3) is 5.91 Å². The third-order valence-corrected chi connectivity index (χ3v) is 4.40. The van der Waals surface area contributed by atoms with E-state index in [2.05, 4.69) is 20.3 Å². The van der Waals surface area contributed by atoms with Crippen LogP contribution in [0.15, 0.2) is 24.5 Å². The molecule has 1 saturated heterocycles. The Labute approximate surface area is 140 Å². The number of amides is 1. The van der Waals surface area contributed by atoms with Gasteiger partial charge in [-0.3, -0.25) is 9.48 Å². The molecule has 1 fully saturated rings. The number of nitrogens with one attached hydrogen (secondary N) is 1. The van der Waals surface area contributed by atoms with Crippen molar-refractivity contribution in [2.75, 3.05) is 24.5 Å². The molecule has 0 bridgehead atoms. The minimum Gasteiger partial charge on any atom is -0.370 e. The van der Waals surface area contributed by atoms with Gasteiger partial charge in [0.15, 0.2) is 0 Å². The summed E-state index contributed by atoms with van der Waals surface area (Å²) >= 11 is 6.35. The molecular weight excluding hydrogens is 314 g/mol. The minimum absolute atomic E-state index is 0.123. The standard InChI is InChI=1S/C16H20ClN5O/c1-21-15(19-11-20-21)6-7-18-16(23)12-4-5-14(13(17)10-12)22-8-2-3-9-22/h4-5,10-11H,2-3,6-9H2,1H3,(H,18,23). The maximum atomic E-state index is 12.2. The lowest BCUT2D eigenvalue weighted by Gasteiger charge is -2.19. The lowest BCUT2D eigenvalue weighted by Crippen LogP contribution is -2.26. The van der Waals surface area contributed by atoms with E-state index in [0.29, 0.717) is 23.6 Å². The van der Waals surface area contributed by atoms with Gasteiger partial charge in [-0.25, -0.2) is 4.98 Å². The highest BCUT2D eigenvalue weighted by Crippen LogP contribution is 2.29. The molecule has 1 aromatic heterocycles. The van der Waals surface area contributed by atoms with Gasteiger partial charge >= 0.3 is 0 Å². The monoisotopic (exact) mass is 333 g/mol. The van der Waals surface area contributed by atoms with Gasteiger partial charge in [0.1, 0.15) is 12.2 Å². The number of hydrogen-bond acceptors (Lipinski definition) is 4. The number of hydrogen-bond donors (Lipinski definition) is 1. The smallest absolute Gasteiger partial charge is 0.251 e. The maximum Gasteiger partial charge on any atom is 0.251 e.